The zero-order valence-electron chi connectivity index (χ0n) is 12.0. The number of hydrogen-bond donors (Lipinski definition) is 1. The molecular formula is C16H23NO2. The molecule has 3 heteroatoms. The number of nitrogens with zero attached hydrogens (tertiary/aromatic N) is 1. The average molecular weight is 261 g/mol. The quantitative estimate of drug-likeness (QED) is 0.766. The van der Waals surface area contributed by atoms with Crippen LogP contribution in [0.15, 0.2) is 30.3 Å². The van der Waals surface area contributed by atoms with E-state index in [1.54, 1.807) is 6.08 Å². The van der Waals surface area contributed by atoms with Crippen LogP contribution in [0.3, 0.4) is 0 Å². The summed E-state index contributed by atoms with van der Waals surface area (Å²) < 4.78 is 0. The van der Waals surface area contributed by atoms with Crippen molar-refractivity contribution in [2.24, 2.45) is 5.92 Å². The molecule has 3 nitrogen and oxygen atoms in total. The van der Waals surface area contributed by atoms with Crippen molar-refractivity contribution in [3.63, 3.8) is 0 Å². The fourth-order valence-electron chi connectivity index (χ4n) is 2.06. The molecule has 1 aromatic rings. The highest BCUT2D eigenvalue weighted by Gasteiger charge is 2.08. The Kier molecular flexibility index (Phi) is 6.30. The summed E-state index contributed by atoms with van der Waals surface area (Å²) in [5.74, 6) is -0.286. The molecule has 0 saturated heterocycles. The number of aliphatic carboxylic acids is 1. The second-order valence-electron chi connectivity index (χ2n) is 5.09. The van der Waals surface area contributed by atoms with Gasteiger partial charge < -0.3 is 5.11 Å². The van der Waals surface area contributed by atoms with E-state index in [4.69, 9.17) is 5.11 Å². The van der Waals surface area contributed by atoms with Crippen LogP contribution in [0.1, 0.15) is 31.9 Å². The molecule has 0 aliphatic carbocycles. The largest absolute Gasteiger partial charge is 0.478 e. The van der Waals surface area contributed by atoms with Gasteiger partial charge in [-0.2, -0.15) is 0 Å². The molecule has 0 saturated carbocycles. The van der Waals surface area contributed by atoms with E-state index in [0.717, 1.165) is 25.2 Å². The van der Waals surface area contributed by atoms with E-state index in [9.17, 15) is 4.79 Å². The molecule has 0 bridgehead atoms. The highest BCUT2D eigenvalue weighted by molar-refractivity contribution is 5.85. The van der Waals surface area contributed by atoms with Gasteiger partial charge in [-0.15, -0.1) is 0 Å². The standard InChI is InChI=1S/C16H23NO2/c1-4-17(11-13(2)3)12-15-8-6-5-7-14(15)9-10-16(18)19/h5-10,13H,4,11-12H2,1-3H3,(H,18,19)/b10-9+. The van der Waals surface area contributed by atoms with Crippen LogP contribution >= 0.6 is 0 Å². The lowest BCUT2D eigenvalue weighted by molar-refractivity contribution is -0.131. The molecule has 0 unspecified atom stereocenters. The Bertz CT molecular complexity index is 438. The SMILES string of the molecule is CCN(Cc1ccccc1/C=C/C(=O)O)CC(C)C. The molecule has 0 aliphatic heterocycles. The molecule has 0 spiro atoms. The van der Waals surface area contributed by atoms with Crippen molar-refractivity contribution in [3.05, 3.63) is 41.5 Å². The van der Waals surface area contributed by atoms with Gasteiger partial charge in [0.25, 0.3) is 0 Å². The van der Waals surface area contributed by atoms with Crippen LogP contribution < -0.4 is 0 Å². The Morgan fingerprint density at radius 2 is 2.05 bits per heavy atom. The maximum absolute atomic E-state index is 10.6. The minimum atomic E-state index is -0.913. The predicted octanol–water partition coefficient (Wildman–Crippen LogP) is 3.26. The summed E-state index contributed by atoms with van der Waals surface area (Å²) in [6, 6.07) is 7.95. The van der Waals surface area contributed by atoms with Crippen LogP contribution in [-0.4, -0.2) is 29.1 Å². The third kappa shape index (κ3) is 5.71. The lowest BCUT2D eigenvalue weighted by Crippen LogP contribution is -2.27. The summed E-state index contributed by atoms with van der Waals surface area (Å²) in [4.78, 5) is 13.0. The van der Waals surface area contributed by atoms with E-state index >= 15 is 0 Å². The molecule has 1 rings (SSSR count). The van der Waals surface area contributed by atoms with Crippen LogP contribution in [-0.2, 0) is 11.3 Å². The maximum Gasteiger partial charge on any atom is 0.328 e. The monoisotopic (exact) mass is 261 g/mol. The number of benzene rings is 1. The summed E-state index contributed by atoms with van der Waals surface area (Å²) >= 11 is 0. The Morgan fingerprint density at radius 3 is 2.63 bits per heavy atom. The fourth-order valence-corrected chi connectivity index (χ4v) is 2.06. The van der Waals surface area contributed by atoms with E-state index < -0.39 is 5.97 Å². The van der Waals surface area contributed by atoms with Gasteiger partial charge in [0.15, 0.2) is 0 Å². The van der Waals surface area contributed by atoms with E-state index in [0.29, 0.717) is 5.92 Å². The molecule has 104 valence electrons. The lowest BCUT2D eigenvalue weighted by Gasteiger charge is -2.23. The minimum Gasteiger partial charge on any atom is -0.478 e. The third-order valence-electron chi connectivity index (χ3n) is 2.93. The predicted molar refractivity (Wildman–Crippen MR) is 78.9 cm³/mol. The van der Waals surface area contributed by atoms with Crippen molar-refractivity contribution in [2.45, 2.75) is 27.3 Å². The summed E-state index contributed by atoms with van der Waals surface area (Å²) in [5.41, 5.74) is 2.15. The average Bonchev–Trinajstić information content (AvgIpc) is 2.36. The first-order valence-corrected chi connectivity index (χ1v) is 6.74. The molecule has 0 aliphatic rings. The summed E-state index contributed by atoms with van der Waals surface area (Å²) in [7, 11) is 0. The normalized spacial score (nSPS) is 11.6. The second-order valence-corrected chi connectivity index (χ2v) is 5.09. The van der Waals surface area contributed by atoms with E-state index in [-0.39, 0.29) is 0 Å². The second kappa shape index (κ2) is 7.74. The topological polar surface area (TPSA) is 40.5 Å². The first-order chi connectivity index (χ1) is 9.02. The van der Waals surface area contributed by atoms with Gasteiger partial charge in [0.2, 0.25) is 0 Å². The molecule has 19 heavy (non-hydrogen) atoms. The molecule has 0 amide bonds. The molecule has 0 atom stereocenters. The van der Waals surface area contributed by atoms with Crippen LogP contribution in [0.2, 0.25) is 0 Å². The lowest BCUT2D eigenvalue weighted by atomic mass is 10.1. The van der Waals surface area contributed by atoms with Crippen molar-refractivity contribution in [1.82, 2.24) is 4.90 Å². The summed E-state index contributed by atoms with van der Waals surface area (Å²) in [6.07, 6.45) is 2.86. The van der Waals surface area contributed by atoms with E-state index in [2.05, 4.69) is 31.7 Å². The van der Waals surface area contributed by atoms with Crippen molar-refractivity contribution < 1.29 is 9.90 Å². The van der Waals surface area contributed by atoms with Gasteiger partial charge in [-0.25, -0.2) is 4.79 Å². The van der Waals surface area contributed by atoms with Crippen LogP contribution in [0.25, 0.3) is 6.08 Å². The molecule has 0 heterocycles. The number of hydrogen-bond acceptors (Lipinski definition) is 2. The van der Waals surface area contributed by atoms with Gasteiger partial charge in [0.1, 0.15) is 0 Å². The van der Waals surface area contributed by atoms with Crippen LogP contribution in [0.5, 0.6) is 0 Å². The first kappa shape index (κ1) is 15.4. The zero-order chi connectivity index (χ0) is 14.3. The van der Waals surface area contributed by atoms with Gasteiger partial charge in [0.05, 0.1) is 0 Å². The van der Waals surface area contributed by atoms with Crippen LogP contribution in [0.4, 0.5) is 0 Å². The Hall–Kier alpha value is -1.61. The number of rotatable bonds is 7. The zero-order valence-corrected chi connectivity index (χ0v) is 12.0. The minimum absolute atomic E-state index is 0.627. The number of carbonyl (C=O) groups is 1. The highest BCUT2D eigenvalue weighted by Crippen LogP contribution is 2.14. The third-order valence-corrected chi connectivity index (χ3v) is 2.93. The van der Waals surface area contributed by atoms with Crippen molar-refractivity contribution in [1.29, 1.82) is 0 Å². The molecule has 1 N–H and O–H groups in total. The van der Waals surface area contributed by atoms with E-state index in [1.807, 2.05) is 18.2 Å². The van der Waals surface area contributed by atoms with Crippen LogP contribution in [0, 0.1) is 5.92 Å². The molecule has 0 radical (unpaired) electrons. The molecule has 0 aromatic heterocycles. The first-order valence-electron chi connectivity index (χ1n) is 6.74. The Balaban J connectivity index is 2.84. The maximum atomic E-state index is 10.6. The molecule has 0 fully saturated rings. The van der Waals surface area contributed by atoms with Crippen molar-refractivity contribution in [3.8, 4) is 0 Å². The van der Waals surface area contributed by atoms with Gasteiger partial charge in [-0.3, -0.25) is 4.90 Å². The smallest absolute Gasteiger partial charge is 0.328 e. The van der Waals surface area contributed by atoms with Crippen molar-refractivity contribution >= 4 is 12.0 Å². The highest BCUT2D eigenvalue weighted by atomic mass is 16.4. The molecular weight excluding hydrogens is 238 g/mol. The van der Waals surface area contributed by atoms with Gasteiger partial charge in [-0.1, -0.05) is 45.0 Å². The Morgan fingerprint density at radius 1 is 1.37 bits per heavy atom. The van der Waals surface area contributed by atoms with Gasteiger partial charge in [-0.05, 0) is 29.7 Å². The number of carboxylic acids is 1. The fraction of sp³-hybridized carbons (Fsp3) is 0.438. The van der Waals surface area contributed by atoms with Gasteiger partial charge >= 0.3 is 5.97 Å². The van der Waals surface area contributed by atoms with E-state index in [1.165, 1.54) is 11.6 Å². The summed E-state index contributed by atoms with van der Waals surface area (Å²) in [5, 5.41) is 8.72. The van der Waals surface area contributed by atoms with Crippen molar-refractivity contribution in [2.75, 3.05) is 13.1 Å². The number of carboxylic acid groups (broad SMARTS) is 1. The Labute approximate surface area is 115 Å². The summed E-state index contributed by atoms with van der Waals surface area (Å²) in [6.45, 7) is 9.47. The molecule has 1 aromatic carbocycles. The van der Waals surface area contributed by atoms with Gasteiger partial charge in [0, 0.05) is 19.2 Å².